The average Bonchev–Trinajstić information content (AvgIpc) is 3.43. The molecular weight excluding hydrogens is 653 g/mol. The Morgan fingerprint density at radius 3 is 1.96 bits per heavy atom. The number of hydrogen-bond donors (Lipinski definition) is 6. The molecule has 2 atom stereocenters. The average molecular weight is 692 g/mol. The van der Waals surface area contributed by atoms with Gasteiger partial charge in [-0.3, -0.25) is 19.2 Å². The van der Waals surface area contributed by atoms with Crippen molar-refractivity contribution in [1.29, 1.82) is 0 Å². The summed E-state index contributed by atoms with van der Waals surface area (Å²) in [5.41, 5.74) is 2.30. The molecule has 4 rings (SSSR count). The highest BCUT2D eigenvalue weighted by Crippen LogP contribution is 2.44. The highest BCUT2D eigenvalue weighted by atomic mass is 19.1. The van der Waals surface area contributed by atoms with E-state index in [0.29, 0.717) is 5.56 Å². The van der Waals surface area contributed by atoms with E-state index in [0.717, 1.165) is 29.2 Å². The summed E-state index contributed by atoms with van der Waals surface area (Å²) in [6.07, 6.45) is -0.743. The summed E-state index contributed by atoms with van der Waals surface area (Å²) in [6.45, 7) is -1.91. The van der Waals surface area contributed by atoms with Gasteiger partial charge < -0.3 is 41.2 Å². The molecule has 5 amide bonds. The molecule has 0 fully saturated rings. The number of alkyl halides is 1. The summed E-state index contributed by atoms with van der Waals surface area (Å²) in [4.78, 5) is 73.3. The van der Waals surface area contributed by atoms with E-state index in [9.17, 15) is 33.2 Å². The van der Waals surface area contributed by atoms with Crippen molar-refractivity contribution >= 4 is 35.7 Å². The lowest BCUT2D eigenvalue weighted by Crippen LogP contribution is -2.52. The van der Waals surface area contributed by atoms with Gasteiger partial charge in [-0.2, -0.15) is 0 Å². The number of fused-ring (bicyclic) bond motifs is 3. The molecule has 50 heavy (non-hydrogen) atoms. The number of amides is 5. The molecule has 0 saturated heterocycles. The molecule has 6 N–H and O–H groups in total. The normalized spacial score (nSPS) is 13.4. The lowest BCUT2D eigenvalue weighted by atomic mass is 9.98. The topological polar surface area (TPSA) is 201 Å². The van der Waals surface area contributed by atoms with E-state index in [1.54, 1.807) is 30.3 Å². The Morgan fingerprint density at radius 1 is 0.760 bits per heavy atom. The first-order valence-corrected chi connectivity index (χ1v) is 15.7. The van der Waals surface area contributed by atoms with Crippen molar-refractivity contribution in [2.75, 3.05) is 39.6 Å². The zero-order chi connectivity index (χ0) is 36.1. The quantitative estimate of drug-likeness (QED) is 0.0894. The summed E-state index contributed by atoms with van der Waals surface area (Å²) in [6, 6.07) is 23.4. The van der Waals surface area contributed by atoms with Crippen molar-refractivity contribution in [3.8, 4) is 11.1 Å². The minimum absolute atomic E-state index is 0.0602. The third kappa shape index (κ3) is 10.6. The van der Waals surface area contributed by atoms with E-state index < -0.39 is 80.4 Å². The van der Waals surface area contributed by atoms with E-state index in [-0.39, 0.29) is 18.9 Å². The largest absolute Gasteiger partial charge is 0.479 e. The van der Waals surface area contributed by atoms with Crippen molar-refractivity contribution in [2.24, 2.45) is 0 Å². The highest BCUT2D eigenvalue weighted by Gasteiger charge is 2.33. The van der Waals surface area contributed by atoms with Crippen LogP contribution in [-0.2, 0) is 39.9 Å². The molecule has 15 heteroatoms. The Kier molecular flexibility index (Phi) is 13.0. The van der Waals surface area contributed by atoms with Crippen LogP contribution in [0.5, 0.6) is 0 Å². The molecule has 0 aromatic heterocycles. The van der Waals surface area contributed by atoms with Gasteiger partial charge in [0.05, 0.1) is 19.7 Å². The van der Waals surface area contributed by atoms with Gasteiger partial charge in [-0.15, -0.1) is 0 Å². The number of ether oxygens (including phenoxy) is 2. The number of aliphatic carboxylic acids is 1. The monoisotopic (exact) mass is 691 g/mol. The fourth-order valence-corrected chi connectivity index (χ4v) is 5.14. The maximum Gasteiger partial charge on any atom is 0.407 e. The Labute approximate surface area is 287 Å². The molecule has 3 aromatic rings. The van der Waals surface area contributed by atoms with E-state index in [1.807, 2.05) is 48.5 Å². The van der Waals surface area contributed by atoms with Gasteiger partial charge in [0.25, 0.3) is 0 Å². The van der Waals surface area contributed by atoms with Crippen LogP contribution in [0.4, 0.5) is 9.18 Å². The summed E-state index contributed by atoms with van der Waals surface area (Å²) >= 11 is 0. The summed E-state index contributed by atoms with van der Waals surface area (Å²) in [5.74, 6) is -4.67. The number of carboxylic acids is 1. The molecule has 0 unspecified atom stereocenters. The molecule has 0 heterocycles. The Bertz CT molecular complexity index is 1660. The number of halogens is 1. The number of hydrogen-bond acceptors (Lipinski definition) is 8. The van der Waals surface area contributed by atoms with Crippen LogP contribution in [-0.4, -0.2) is 92.1 Å². The fourth-order valence-electron chi connectivity index (χ4n) is 5.14. The highest BCUT2D eigenvalue weighted by molar-refractivity contribution is 5.92. The summed E-state index contributed by atoms with van der Waals surface area (Å²) in [7, 11) is 0. The second-order valence-corrected chi connectivity index (χ2v) is 11.6. The minimum atomic E-state index is -2.64. The minimum Gasteiger partial charge on any atom is -0.479 e. The van der Waals surface area contributed by atoms with Crippen LogP contribution in [0, 0.1) is 0 Å². The molecule has 0 aliphatic heterocycles. The van der Waals surface area contributed by atoms with E-state index >= 15 is 0 Å². The second kappa shape index (κ2) is 17.5. The molecule has 14 nitrogen and oxygen atoms in total. The molecule has 0 saturated carbocycles. The Hall–Kier alpha value is -5.83. The Morgan fingerprint density at radius 2 is 1.32 bits per heavy atom. The van der Waals surface area contributed by atoms with Crippen LogP contribution in [0.15, 0.2) is 78.9 Å². The van der Waals surface area contributed by atoms with Gasteiger partial charge in [0.15, 0.2) is 0 Å². The van der Waals surface area contributed by atoms with Crippen LogP contribution in [0.1, 0.15) is 29.5 Å². The summed E-state index contributed by atoms with van der Waals surface area (Å²) < 4.78 is 24.0. The van der Waals surface area contributed by atoms with Gasteiger partial charge >= 0.3 is 12.1 Å². The van der Waals surface area contributed by atoms with E-state index in [2.05, 4.69) is 26.6 Å². The smallest absolute Gasteiger partial charge is 0.407 e. The number of carbonyl (C=O) groups excluding carboxylic acids is 5. The fraction of sp³-hybridized carbons (Fsp3) is 0.314. The van der Waals surface area contributed by atoms with Gasteiger partial charge in [0.2, 0.25) is 29.3 Å². The molecule has 264 valence electrons. The third-order valence-electron chi connectivity index (χ3n) is 7.73. The van der Waals surface area contributed by atoms with E-state index in [1.165, 1.54) is 0 Å². The van der Waals surface area contributed by atoms with Crippen molar-refractivity contribution in [2.45, 2.75) is 31.0 Å². The predicted molar refractivity (Wildman–Crippen MR) is 177 cm³/mol. The third-order valence-corrected chi connectivity index (χ3v) is 7.73. The lowest BCUT2D eigenvalue weighted by molar-refractivity contribution is -0.154. The van der Waals surface area contributed by atoms with Crippen molar-refractivity contribution in [3.63, 3.8) is 0 Å². The zero-order valence-corrected chi connectivity index (χ0v) is 27.2. The molecule has 0 radical (unpaired) electrons. The maximum atomic E-state index is 13.7. The molecule has 3 aromatic carbocycles. The zero-order valence-electron chi connectivity index (χ0n) is 27.2. The lowest BCUT2D eigenvalue weighted by Gasteiger charge is -2.19. The first-order chi connectivity index (χ1) is 23.9. The summed E-state index contributed by atoms with van der Waals surface area (Å²) in [5, 5.41) is 20.7. The number of benzene rings is 3. The first-order valence-electron chi connectivity index (χ1n) is 15.7. The molecule has 1 aliphatic carbocycles. The number of alkyl carbamates (subject to hydrolysis) is 1. The van der Waals surface area contributed by atoms with Crippen LogP contribution in [0.25, 0.3) is 11.1 Å². The van der Waals surface area contributed by atoms with E-state index in [4.69, 9.17) is 14.6 Å². The van der Waals surface area contributed by atoms with Crippen molar-refractivity contribution < 1.29 is 47.7 Å². The van der Waals surface area contributed by atoms with Gasteiger partial charge in [-0.05, 0) is 34.7 Å². The number of nitrogens with one attached hydrogen (secondary N) is 5. The molecular formula is C35H38FN5O9. The number of carboxylic acid groups (broad SMARTS) is 1. The van der Waals surface area contributed by atoms with Crippen LogP contribution >= 0.6 is 0 Å². The van der Waals surface area contributed by atoms with Crippen molar-refractivity contribution in [3.05, 3.63) is 95.6 Å². The number of rotatable bonds is 17. The predicted octanol–water partition coefficient (Wildman–Crippen LogP) is 1.39. The van der Waals surface area contributed by atoms with Gasteiger partial charge in [0.1, 0.15) is 25.9 Å². The Balaban J connectivity index is 1.19. The van der Waals surface area contributed by atoms with Gasteiger partial charge in [-0.25, -0.2) is 14.0 Å². The van der Waals surface area contributed by atoms with Crippen LogP contribution < -0.4 is 26.6 Å². The SMILES string of the molecule is C[C@@](F)(COCNC(=O)CNC(=O)[C@H](Cc1ccccc1)NC(=O)CNC(=O)CNC(=O)OCC1c2ccccc2-c2ccccc21)C(=O)O. The van der Waals surface area contributed by atoms with Crippen molar-refractivity contribution in [1.82, 2.24) is 26.6 Å². The maximum absolute atomic E-state index is 13.7. The molecule has 0 bridgehead atoms. The van der Waals surface area contributed by atoms with Gasteiger partial charge in [0, 0.05) is 12.3 Å². The first kappa shape index (κ1) is 37.0. The second-order valence-electron chi connectivity index (χ2n) is 11.6. The standard InChI is InChI=1S/C35H38FN5O9/c1-35(36,33(46)47)20-49-21-40-30(43)16-38-32(45)28(15-22-9-3-2-4-10-22)41-31(44)18-37-29(42)17-39-34(48)50-19-27-25-13-7-5-11-23(25)24-12-6-8-14-26(24)27/h2-14,27-28H,15-21H2,1H3,(H,37,42)(H,38,45)(H,39,48)(H,40,43)(H,41,44)(H,46,47)/t28-,35+/m0/s1. The molecule has 1 aliphatic rings. The molecule has 0 spiro atoms. The van der Waals surface area contributed by atoms with Crippen LogP contribution in [0.2, 0.25) is 0 Å². The van der Waals surface area contributed by atoms with Gasteiger partial charge in [-0.1, -0.05) is 78.9 Å². The number of carbonyl (C=O) groups is 6. The van der Waals surface area contributed by atoms with Crippen LogP contribution in [0.3, 0.4) is 0 Å².